The highest BCUT2D eigenvalue weighted by Gasteiger charge is 2.31. The fourth-order valence-corrected chi connectivity index (χ4v) is 5.91. The SMILES string of the molecule is Cn1cc(C2CCN(C(=O)C3CCCC3)CC2)c2cc(NSc3ccc(F)cc3)ccc21. The number of anilines is 1. The van der Waals surface area contributed by atoms with E-state index in [9.17, 15) is 9.18 Å². The molecule has 1 amide bonds. The van der Waals surface area contributed by atoms with E-state index in [-0.39, 0.29) is 11.7 Å². The van der Waals surface area contributed by atoms with Crippen molar-refractivity contribution in [2.45, 2.75) is 49.3 Å². The molecule has 5 rings (SSSR count). The average molecular weight is 452 g/mol. The molecule has 0 unspecified atom stereocenters. The lowest BCUT2D eigenvalue weighted by molar-refractivity contribution is -0.136. The highest BCUT2D eigenvalue weighted by atomic mass is 32.2. The number of carbonyl (C=O) groups excluding carboxylic acids is 1. The van der Waals surface area contributed by atoms with Crippen molar-refractivity contribution in [2.75, 3.05) is 17.8 Å². The Kier molecular flexibility index (Phi) is 6.13. The number of benzene rings is 2. The summed E-state index contributed by atoms with van der Waals surface area (Å²) < 4.78 is 18.7. The maximum atomic E-state index is 13.1. The number of hydrogen-bond donors (Lipinski definition) is 1. The number of rotatable bonds is 5. The number of carbonyl (C=O) groups is 1. The second-order valence-corrected chi connectivity index (χ2v) is 10.0. The van der Waals surface area contributed by atoms with E-state index in [2.05, 4.69) is 45.6 Å². The average Bonchev–Trinajstić information content (AvgIpc) is 3.47. The van der Waals surface area contributed by atoms with Crippen molar-refractivity contribution >= 4 is 34.4 Å². The number of nitrogens with one attached hydrogen (secondary N) is 1. The molecule has 2 aliphatic rings. The first-order valence-electron chi connectivity index (χ1n) is 11.6. The molecule has 2 aromatic carbocycles. The summed E-state index contributed by atoms with van der Waals surface area (Å²) in [5.74, 6) is 0.923. The molecular weight excluding hydrogens is 421 g/mol. The van der Waals surface area contributed by atoms with Crippen LogP contribution >= 0.6 is 11.9 Å². The minimum Gasteiger partial charge on any atom is -0.350 e. The smallest absolute Gasteiger partial charge is 0.225 e. The Bertz CT molecular complexity index is 1100. The van der Waals surface area contributed by atoms with Crippen LogP contribution in [0.1, 0.15) is 50.0 Å². The topological polar surface area (TPSA) is 37.3 Å². The number of hydrogen-bond acceptors (Lipinski definition) is 3. The molecule has 3 aromatic rings. The van der Waals surface area contributed by atoms with E-state index in [4.69, 9.17) is 0 Å². The summed E-state index contributed by atoms with van der Waals surface area (Å²) in [6.07, 6.45) is 8.89. The van der Waals surface area contributed by atoms with Crippen LogP contribution in [0.4, 0.5) is 10.1 Å². The Balaban J connectivity index is 1.29. The van der Waals surface area contributed by atoms with Crippen molar-refractivity contribution in [2.24, 2.45) is 13.0 Å². The molecule has 0 atom stereocenters. The van der Waals surface area contributed by atoms with Gasteiger partial charge < -0.3 is 14.2 Å². The predicted molar refractivity (Wildman–Crippen MR) is 129 cm³/mol. The number of piperidine rings is 1. The molecule has 1 aromatic heterocycles. The van der Waals surface area contributed by atoms with Gasteiger partial charge in [0.1, 0.15) is 5.82 Å². The Morgan fingerprint density at radius 2 is 1.75 bits per heavy atom. The van der Waals surface area contributed by atoms with Crippen LogP contribution in [0.25, 0.3) is 10.9 Å². The van der Waals surface area contributed by atoms with Crippen molar-refractivity contribution in [3.05, 3.63) is 60.0 Å². The molecule has 0 spiro atoms. The van der Waals surface area contributed by atoms with Crippen molar-refractivity contribution in [1.82, 2.24) is 9.47 Å². The summed E-state index contributed by atoms with van der Waals surface area (Å²) in [5, 5.41) is 1.28. The molecule has 0 radical (unpaired) electrons. The minimum absolute atomic E-state index is 0.222. The van der Waals surface area contributed by atoms with Crippen LogP contribution in [0.2, 0.25) is 0 Å². The first kappa shape index (κ1) is 21.4. The molecule has 168 valence electrons. The van der Waals surface area contributed by atoms with Gasteiger partial charge in [-0.25, -0.2) is 4.39 Å². The zero-order valence-electron chi connectivity index (χ0n) is 18.5. The van der Waals surface area contributed by atoms with Crippen molar-refractivity contribution in [1.29, 1.82) is 0 Å². The van der Waals surface area contributed by atoms with Crippen LogP contribution < -0.4 is 4.72 Å². The van der Waals surface area contributed by atoms with Gasteiger partial charge in [0.25, 0.3) is 0 Å². The molecule has 2 heterocycles. The lowest BCUT2D eigenvalue weighted by atomic mass is 9.88. The Hall–Kier alpha value is -2.47. The molecule has 1 saturated heterocycles. The molecule has 4 nitrogen and oxygen atoms in total. The largest absolute Gasteiger partial charge is 0.350 e. The fourth-order valence-electron chi connectivity index (χ4n) is 5.27. The lowest BCUT2D eigenvalue weighted by Gasteiger charge is -2.33. The zero-order chi connectivity index (χ0) is 22.1. The van der Waals surface area contributed by atoms with Gasteiger partial charge in [0, 0.05) is 53.7 Å². The number of aromatic nitrogens is 1. The molecule has 32 heavy (non-hydrogen) atoms. The van der Waals surface area contributed by atoms with Crippen molar-refractivity contribution in [3.8, 4) is 0 Å². The Labute approximate surface area is 193 Å². The Morgan fingerprint density at radius 1 is 1.03 bits per heavy atom. The number of aryl methyl sites for hydroxylation is 1. The Morgan fingerprint density at radius 3 is 2.47 bits per heavy atom. The van der Waals surface area contributed by atoms with Crippen LogP contribution in [0.15, 0.2) is 53.6 Å². The van der Waals surface area contributed by atoms with E-state index in [1.165, 1.54) is 53.4 Å². The van der Waals surface area contributed by atoms with E-state index in [1.807, 2.05) is 0 Å². The van der Waals surface area contributed by atoms with Gasteiger partial charge in [-0.2, -0.15) is 0 Å². The number of nitrogens with zero attached hydrogens (tertiary/aromatic N) is 2. The first-order valence-corrected chi connectivity index (χ1v) is 12.5. The number of amides is 1. The molecule has 1 aliphatic carbocycles. The van der Waals surface area contributed by atoms with E-state index < -0.39 is 0 Å². The fraction of sp³-hybridized carbons (Fsp3) is 0.423. The summed E-state index contributed by atoms with van der Waals surface area (Å²) in [6, 6.07) is 13.0. The maximum absolute atomic E-state index is 13.1. The van der Waals surface area contributed by atoms with Gasteiger partial charge in [-0.05, 0) is 91.6 Å². The molecule has 0 bridgehead atoms. The molecule has 1 saturated carbocycles. The minimum atomic E-state index is -0.222. The third kappa shape index (κ3) is 4.38. The zero-order valence-corrected chi connectivity index (χ0v) is 19.3. The highest BCUT2D eigenvalue weighted by Crippen LogP contribution is 2.37. The molecule has 1 N–H and O–H groups in total. The quantitative estimate of drug-likeness (QED) is 0.461. The van der Waals surface area contributed by atoms with Crippen LogP contribution in [-0.2, 0) is 11.8 Å². The van der Waals surface area contributed by atoms with E-state index in [1.54, 1.807) is 12.1 Å². The van der Waals surface area contributed by atoms with Gasteiger partial charge in [0.2, 0.25) is 5.91 Å². The van der Waals surface area contributed by atoms with Crippen molar-refractivity contribution < 1.29 is 9.18 Å². The molecule has 6 heteroatoms. The van der Waals surface area contributed by atoms with E-state index >= 15 is 0 Å². The standard InChI is InChI=1S/C26H30FN3OS/c1-29-17-24(18-12-14-30(15-13-18)26(31)19-4-2-3-5-19)23-16-21(8-11-25(23)29)28-32-22-9-6-20(27)7-10-22/h6-11,16-19,28H,2-5,12-15H2,1H3. The van der Waals surface area contributed by atoms with Crippen LogP contribution in [0, 0.1) is 11.7 Å². The molecular formula is C26H30FN3OS. The second-order valence-electron chi connectivity index (χ2n) is 9.17. The van der Waals surface area contributed by atoms with Crippen LogP contribution in [-0.4, -0.2) is 28.5 Å². The monoisotopic (exact) mass is 451 g/mol. The number of likely N-dealkylation sites (tertiary alicyclic amines) is 1. The highest BCUT2D eigenvalue weighted by molar-refractivity contribution is 8.00. The van der Waals surface area contributed by atoms with Crippen LogP contribution in [0.3, 0.4) is 0 Å². The predicted octanol–water partition coefficient (Wildman–Crippen LogP) is 6.33. The van der Waals surface area contributed by atoms with Crippen molar-refractivity contribution in [3.63, 3.8) is 0 Å². The third-order valence-electron chi connectivity index (χ3n) is 7.07. The van der Waals surface area contributed by atoms with Gasteiger partial charge >= 0.3 is 0 Å². The summed E-state index contributed by atoms with van der Waals surface area (Å²) >= 11 is 1.49. The maximum Gasteiger partial charge on any atom is 0.225 e. The first-order chi connectivity index (χ1) is 15.6. The van der Waals surface area contributed by atoms with E-state index in [0.717, 1.165) is 49.4 Å². The number of halogens is 1. The summed E-state index contributed by atoms with van der Waals surface area (Å²) in [4.78, 5) is 15.9. The summed E-state index contributed by atoms with van der Waals surface area (Å²) in [6.45, 7) is 1.74. The van der Waals surface area contributed by atoms with Gasteiger partial charge in [-0.15, -0.1) is 0 Å². The second kappa shape index (κ2) is 9.18. The third-order valence-corrected chi connectivity index (χ3v) is 7.92. The lowest BCUT2D eigenvalue weighted by Crippen LogP contribution is -2.40. The van der Waals surface area contributed by atoms with Crippen LogP contribution in [0.5, 0.6) is 0 Å². The van der Waals surface area contributed by atoms with Gasteiger partial charge in [0.05, 0.1) is 0 Å². The molecule has 2 fully saturated rings. The molecule has 1 aliphatic heterocycles. The normalized spacial score (nSPS) is 17.9. The summed E-state index contributed by atoms with van der Waals surface area (Å²) in [7, 11) is 2.10. The van der Waals surface area contributed by atoms with Gasteiger partial charge in [-0.1, -0.05) is 12.8 Å². The number of fused-ring (bicyclic) bond motifs is 1. The van der Waals surface area contributed by atoms with Gasteiger partial charge in [0.15, 0.2) is 0 Å². The summed E-state index contributed by atoms with van der Waals surface area (Å²) in [5.41, 5.74) is 3.64. The van der Waals surface area contributed by atoms with Gasteiger partial charge in [-0.3, -0.25) is 4.79 Å². The van der Waals surface area contributed by atoms with E-state index in [0.29, 0.717) is 11.8 Å².